The third-order valence-corrected chi connectivity index (χ3v) is 2.69. The van der Waals surface area contributed by atoms with Crippen LogP contribution in [0.25, 0.3) is 10.9 Å². The Hall–Kier alpha value is -1.59. The Morgan fingerprint density at radius 3 is 2.73 bits per heavy atom. The molecule has 1 aromatic carbocycles. The Labute approximate surface area is 93.1 Å². The fourth-order valence-electron chi connectivity index (χ4n) is 1.61. The van der Waals surface area contributed by atoms with Crippen molar-refractivity contribution in [2.45, 2.75) is 13.8 Å². The summed E-state index contributed by atoms with van der Waals surface area (Å²) in [5.74, 6) is 0. The summed E-state index contributed by atoms with van der Waals surface area (Å²) in [6.45, 7) is 3.77. The van der Waals surface area contributed by atoms with Crippen molar-refractivity contribution in [2.24, 2.45) is 0 Å². The average Bonchev–Trinajstić information content (AvgIpc) is 2.17. The van der Waals surface area contributed by atoms with Crippen LogP contribution in [0.15, 0.2) is 18.2 Å². The monoisotopic (exact) mass is 216 g/mol. The number of hydrogen-bond acceptors (Lipinski definition) is 2. The van der Waals surface area contributed by atoms with Gasteiger partial charge in [0.25, 0.3) is 0 Å². The standard InChI is InChI=1S/C12H9ClN2/c1-7-5-11(13)9-4-3-8(2)15-12(9)10(7)6-14/h3-5H,1-2H3. The van der Waals surface area contributed by atoms with Gasteiger partial charge in [0.05, 0.1) is 16.1 Å². The Morgan fingerprint density at radius 2 is 2.07 bits per heavy atom. The minimum absolute atomic E-state index is 0.609. The lowest BCUT2D eigenvalue weighted by molar-refractivity contribution is 1.24. The molecule has 0 spiro atoms. The number of fused-ring (bicyclic) bond motifs is 1. The highest BCUT2D eigenvalue weighted by molar-refractivity contribution is 6.35. The number of hydrogen-bond donors (Lipinski definition) is 0. The van der Waals surface area contributed by atoms with E-state index in [4.69, 9.17) is 16.9 Å². The molecule has 0 aliphatic carbocycles. The van der Waals surface area contributed by atoms with Crippen LogP contribution in [0, 0.1) is 25.2 Å². The molecule has 0 radical (unpaired) electrons. The van der Waals surface area contributed by atoms with Gasteiger partial charge >= 0.3 is 0 Å². The minimum Gasteiger partial charge on any atom is -0.252 e. The molecule has 2 aromatic rings. The van der Waals surface area contributed by atoms with Crippen LogP contribution in [0.3, 0.4) is 0 Å². The van der Waals surface area contributed by atoms with Crippen molar-refractivity contribution in [1.82, 2.24) is 4.98 Å². The third kappa shape index (κ3) is 1.55. The van der Waals surface area contributed by atoms with Gasteiger partial charge in [-0.2, -0.15) is 5.26 Å². The molecule has 15 heavy (non-hydrogen) atoms. The Morgan fingerprint density at radius 1 is 1.33 bits per heavy atom. The van der Waals surface area contributed by atoms with Crippen LogP contribution >= 0.6 is 11.6 Å². The molecule has 74 valence electrons. The number of nitriles is 1. The average molecular weight is 217 g/mol. The number of nitrogens with zero attached hydrogens (tertiary/aromatic N) is 2. The van der Waals surface area contributed by atoms with Crippen molar-refractivity contribution in [3.05, 3.63) is 40.0 Å². The van der Waals surface area contributed by atoms with E-state index in [0.717, 1.165) is 16.6 Å². The Bertz CT molecular complexity index is 582. The normalized spacial score (nSPS) is 10.3. The molecule has 0 saturated heterocycles. The minimum atomic E-state index is 0.609. The number of aryl methyl sites for hydroxylation is 2. The summed E-state index contributed by atoms with van der Waals surface area (Å²) in [4.78, 5) is 4.36. The second kappa shape index (κ2) is 3.52. The zero-order valence-corrected chi connectivity index (χ0v) is 9.26. The van der Waals surface area contributed by atoms with Gasteiger partial charge in [-0.25, -0.2) is 0 Å². The molecule has 0 saturated carbocycles. The summed E-state index contributed by atoms with van der Waals surface area (Å²) in [5, 5.41) is 10.5. The van der Waals surface area contributed by atoms with Crippen molar-refractivity contribution < 1.29 is 0 Å². The van der Waals surface area contributed by atoms with Gasteiger partial charge in [-0.15, -0.1) is 0 Å². The van der Waals surface area contributed by atoms with E-state index >= 15 is 0 Å². The first-order valence-electron chi connectivity index (χ1n) is 4.60. The highest BCUT2D eigenvalue weighted by Gasteiger charge is 2.09. The maximum absolute atomic E-state index is 9.07. The predicted molar refractivity (Wildman–Crippen MR) is 60.9 cm³/mol. The van der Waals surface area contributed by atoms with Crippen molar-refractivity contribution in [2.75, 3.05) is 0 Å². The smallest absolute Gasteiger partial charge is 0.102 e. The number of pyridine rings is 1. The summed E-state index contributed by atoms with van der Waals surface area (Å²) < 4.78 is 0. The molecule has 0 atom stereocenters. The zero-order valence-electron chi connectivity index (χ0n) is 8.50. The van der Waals surface area contributed by atoms with Gasteiger partial charge in [-0.3, -0.25) is 4.98 Å². The predicted octanol–water partition coefficient (Wildman–Crippen LogP) is 3.38. The van der Waals surface area contributed by atoms with Crippen LogP contribution in [0.2, 0.25) is 5.02 Å². The fraction of sp³-hybridized carbons (Fsp3) is 0.167. The van der Waals surface area contributed by atoms with Gasteiger partial charge in [-0.05, 0) is 37.6 Å². The van der Waals surface area contributed by atoms with Gasteiger partial charge < -0.3 is 0 Å². The molecule has 1 heterocycles. The lowest BCUT2D eigenvalue weighted by Crippen LogP contribution is -1.91. The van der Waals surface area contributed by atoms with Crippen LogP contribution in [-0.4, -0.2) is 4.98 Å². The first kappa shape index (κ1) is 9.95. The molecule has 0 unspecified atom stereocenters. The summed E-state index contributed by atoms with van der Waals surface area (Å²) in [7, 11) is 0. The Balaban J connectivity index is 3.00. The first-order valence-corrected chi connectivity index (χ1v) is 4.98. The SMILES string of the molecule is Cc1ccc2c(Cl)cc(C)c(C#N)c2n1. The van der Waals surface area contributed by atoms with Crippen LogP contribution < -0.4 is 0 Å². The lowest BCUT2D eigenvalue weighted by Gasteiger charge is -2.05. The molecule has 0 bridgehead atoms. The van der Waals surface area contributed by atoms with E-state index in [1.165, 1.54) is 0 Å². The summed E-state index contributed by atoms with van der Waals surface area (Å²) in [5.41, 5.74) is 3.06. The van der Waals surface area contributed by atoms with E-state index in [0.29, 0.717) is 16.1 Å². The summed E-state index contributed by atoms with van der Waals surface area (Å²) in [6.07, 6.45) is 0. The largest absolute Gasteiger partial charge is 0.252 e. The van der Waals surface area contributed by atoms with E-state index in [-0.39, 0.29) is 0 Å². The van der Waals surface area contributed by atoms with Crippen molar-refractivity contribution in [1.29, 1.82) is 5.26 Å². The molecular weight excluding hydrogens is 208 g/mol. The van der Waals surface area contributed by atoms with E-state index in [1.807, 2.05) is 26.0 Å². The lowest BCUT2D eigenvalue weighted by atomic mass is 10.0. The second-order valence-electron chi connectivity index (χ2n) is 3.51. The van der Waals surface area contributed by atoms with Crippen molar-refractivity contribution in [3.63, 3.8) is 0 Å². The maximum Gasteiger partial charge on any atom is 0.102 e. The number of aromatic nitrogens is 1. The highest BCUT2D eigenvalue weighted by Crippen LogP contribution is 2.27. The number of rotatable bonds is 0. The van der Waals surface area contributed by atoms with E-state index in [1.54, 1.807) is 6.07 Å². The number of halogens is 1. The van der Waals surface area contributed by atoms with Gasteiger partial charge in [0.1, 0.15) is 6.07 Å². The number of benzene rings is 1. The quantitative estimate of drug-likeness (QED) is 0.677. The van der Waals surface area contributed by atoms with E-state index < -0.39 is 0 Å². The zero-order chi connectivity index (χ0) is 11.0. The Kier molecular flexibility index (Phi) is 2.34. The van der Waals surface area contributed by atoms with Crippen LogP contribution in [-0.2, 0) is 0 Å². The molecule has 0 N–H and O–H groups in total. The van der Waals surface area contributed by atoms with E-state index in [2.05, 4.69) is 11.1 Å². The van der Waals surface area contributed by atoms with E-state index in [9.17, 15) is 0 Å². The molecule has 2 nitrogen and oxygen atoms in total. The second-order valence-corrected chi connectivity index (χ2v) is 3.92. The van der Waals surface area contributed by atoms with Gasteiger partial charge in [0.15, 0.2) is 0 Å². The van der Waals surface area contributed by atoms with Crippen LogP contribution in [0.1, 0.15) is 16.8 Å². The molecule has 2 rings (SSSR count). The maximum atomic E-state index is 9.07. The highest BCUT2D eigenvalue weighted by atomic mass is 35.5. The molecule has 3 heteroatoms. The summed E-state index contributed by atoms with van der Waals surface area (Å²) >= 11 is 6.09. The molecular formula is C12H9ClN2. The molecule has 0 fully saturated rings. The molecule has 0 aliphatic heterocycles. The van der Waals surface area contributed by atoms with Gasteiger partial charge in [-0.1, -0.05) is 11.6 Å². The first-order chi connectivity index (χ1) is 7.13. The summed E-state index contributed by atoms with van der Waals surface area (Å²) in [6, 6.07) is 7.77. The van der Waals surface area contributed by atoms with Crippen molar-refractivity contribution >= 4 is 22.5 Å². The molecule has 0 aliphatic rings. The molecule has 1 aromatic heterocycles. The fourth-order valence-corrected chi connectivity index (χ4v) is 1.92. The third-order valence-electron chi connectivity index (χ3n) is 2.38. The van der Waals surface area contributed by atoms with Crippen molar-refractivity contribution in [3.8, 4) is 6.07 Å². The van der Waals surface area contributed by atoms with Crippen LogP contribution in [0.5, 0.6) is 0 Å². The topological polar surface area (TPSA) is 36.7 Å². The van der Waals surface area contributed by atoms with Crippen LogP contribution in [0.4, 0.5) is 0 Å². The van der Waals surface area contributed by atoms with Gasteiger partial charge in [0, 0.05) is 11.1 Å². The van der Waals surface area contributed by atoms with Gasteiger partial charge in [0.2, 0.25) is 0 Å². The molecule has 0 amide bonds.